The molecule has 2 N–H and O–H groups in total. The van der Waals surface area contributed by atoms with Crippen LogP contribution in [0.1, 0.15) is 36.5 Å². The molecule has 1 saturated heterocycles. The lowest BCUT2D eigenvalue weighted by molar-refractivity contribution is 0.0608. The molecule has 1 aliphatic rings. The minimum absolute atomic E-state index is 0.171. The zero-order valence-corrected chi connectivity index (χ0v) is 21.0. The Kier molecular flexibility index (Phi) is 9.00. The van der Waals surface area contributed by atoms with E-state index in [1.54, 1.807) is 25.1 Å². The Balaban J connectivity index is 1.29. The molecule has 184 valence electrons. The Hall–Kier alpha value is -2.63. The van der Waals surface area contributed by atoms with Gasteiger partial charge in [-0.2, -0.15) is 5.26 Å². The third-order valence-corrected chi connectivity index (χ3v) is 7.98. The number of piperidine rings is 1. The van der Waals surface area contributed by atoms with Gasteiger partial charge in [-0.25, -0.2) is 0 Å². The molecule has 0 radical (unpaired) electrons. The topological polar surface area (TPSA) is 89.6 Å². The average molecular weight is 492 g/mol. The number of rotatable bonds is 10. The SMILES string of the molecule is COc1ccc2nccc([C@@H](O)CC[C@@H]3CCN(CCSc4cccc(C#N)c4)C[C@@H]3CO)c2c1. The van der Waals surface area contributed by atoms with Crippen molar-refractivity contribution in [1.29, 1.82) is 5.26 Å². The van der Waals surface area contributed by atoms with Gasteiger partial charge >= 0.3 is 0 Å². The number of likely N-dealkylation sites (tertiary alicyclic amines) is 1. The first-order valence-corrected chi connectivity index (χ1v) is 13.2. The van der Waals surface area contributed by atoms with Crippen LogP contribution in [0.2, 0.25) is 0 Å². The van der Waals surface area contributed by atoms with Crippen molar-refractivity contribution in [3.05, 3.63) is 65.9 Å². The van der Waals surface area contributed by atoms with E-state index in [2.05, 4.69) is 16.0 Å². The fourth-order valence-electron chi connectivity index (χ4n) is 4.99. The molecule has 3 aromatic rings. The van der Waals surface area contributed by atoms with Gasteiger partial charge in [0.05, 0.1) is 30.4 Å². The number of hydrogen-bond acceptors (Lipinski definition) is 7. The normalized spacial score (nSPS) is 19.4. The van der Waals surface area contributed by atoms with E-state index in [0.717, 1.165) is 65.3 Å². The fraction of sp³-hybridized carbons (Fsp3) is 0.429. The second-order valence-corrected chi connectivity index (χ2v) is 10.3. The van der Waals surface area contributed by atoms with Gasteiger partial charge in [-0.05, 0) is 85.7 Å². The van der Waals surface area contributed by atoms with Crippen LogP contribution in [0.25, 0.3) is 10.9 Å². The number of nitriles is 1. The average Bonchev–Trinajstić information content (AvgIpc) is 2.91. The second-order valence-electron chi connectivity index (χ2n) is 9.16. The minimum atomic E-state index is -0.578. The lowest BCUT2D eigenvalue weighted by Crippen LogP contribution is -2.43. The zero-order chi connectivity index (χ0) is 24.6. The van der Waals surface area contributed by atoms with Crippen LogP contribution in [0.15, 0.2) is 59.6 Å². The van der Waals surface area contributed by atoms with Crippen LogP contribution < -0.4 is 4.74 Å². The van der Waals surface area contributed by atoms with E-state index in [1.807, 2.05) is 48.5 Å². The summed E-state index contributed by atoms with van der Waals surface area (Å²) in [5.74, 6) is 2.32. The number of nitrogens with zero attached hydrogens (tertiary/aromatic N) is 3. The molecule has 0 spiro atoms. The van der Waals surface area contributed by atoms with Gasteiger partial charge in [-0.3, -0.25) is 4.98 Å². The highest BCUT2D eigenvalue weighted by Crippen LogP contribution is 2.33. The van der Waals surface area contributed by atoms with Crippen molar-refractivity contribution in [1.82, 2.24) is 9.88 Å². The zero-order valence-electron chi connectivity index (χ0n) is 20.1. The van der Waals surface area contributed by atoms with Crippen LogP contribution in [-0.2, 0) is 0 Å². The quantitative estimate of drug-likeness (QED) is 0.399. The summed E-state index contributed by atoms with van der Waals surface area (Å²) < 4.78 is 5.36. The van der Waals surface area contributed by atoms with Crippen LogP contribution in [0, 0.1) is 23.2 Å². The lowest BCUT2D eigenvalue weighted by atomic mass is 9.81. The van der Waals surface area contributed by atoms with Gasteiger partial charge in [0.2, 0.25) is 0 Å². The maximum absolute atomic E-state index is 11.0. The van der Waals surface area contributed by atoms with Gasteiger partial charge in [-0.1, -0.05) is 6.07 Å². The van der Waals surface area contributed by atoms with Gasteiger partial charge < -0.3 is 19.8 Å². The molecule has 6 nitrogen and oxygen atoms in total. The molecule has 7 heteroatoms. The number of pyridine rings is 1. The first kappa shape index (κ1) is 25.5. The van der Waals surface area contributed by atoms with Crippen LogP contribution in [0.5, 0.6) is 5.75 Å². The highest BCUT2D eigenvalue weighted by Gasteiger charge is 2.29. The van der Waals surface area contributed by atoms with Crippen molar-refractivity contribution in [3.63, 3.8) is 0 Å². The Bertz CT molecular complexity index is 1170. The summed E-state index contributed by atoms with van der Waals surface area (Å²) >= 11 is 1.77. The highest BCUT2D eigenvalue weighted by atomic mass is 32.2. The number of aliphatic hydroxyl groups is 2. The smallest absolute Gasteiger partial charge is 0.119 e. The van der Waals surface area contributed by atoms with Crippen molar-refractivity contribution in [2.75, 3.05) is 39.1 Å². The summed E-state index contributed by atoms with van der Waals surface area (Å²) in [6, 6.07) is 17.5. The third kappa shape index (κ3) is 6.53. The van der Waals surface area contributed by atoms with Gasteiger partial charge in [0.1, 0.15) is 5.75 Å². The molecule has 0 bridgehead atoms. The standard InChI is InChI=1S/C28H33N3O3S/c1-34-23-6-7-27-26(16-23)25(9-11-30-27)28(33)8-5-21-10-12-31(18-22(21)19-32)13-14-35-24-4-2-3-20(15-24)17-29/h2-4,6-7,9,11,15-16,21-22,28,32-33H,5,8,10,12-14,18-19H2,1H3/t21-,22-,28+/m1/s1. The van der Waals surface area contributed by atoms with E-state index in [9.17, 15) is 10.2 Å². The molecule has 1 fully saturated rings. The van der Waals surface area contributed by atoms with Crippen molar-refractivity contribution in [2.45, 2.75) is 30.3 Å². The van der Waals surface area contributed by atoms with Crippen molar-refractivity contribution < 1.29 is 14.9 Å². The van der Waals surface area contributed by atoms with Gasteiger partial charge in [0.25, 0.3) is 0 Å². The molecule has 0 saturated carbocycles. The van der Waals surface area contributed by atoms with Crippen molar-refractivity contribution in [2.24, 2.45) is 11.8 Å². The molecule has 1 aliphatic heterocycles. The maximum Gasteiger partial charge on any atom is 0.119 e. The molecule has 3 atom stereocenters. The number of aliphatic hydroxyl groups excluding tert-OH is 2. The van der Waals surface area contributed by atoms with Gasteiger partial charge in [0, 0.05) is 41.9 Å². The predicted octanol–water partition coefficient (Wildman–Crippen LogP) is 4.65. The highest BCUT2D eigenvalue weighted by molar-refractivity contribution is 7.99. The van der Waals surface area contributed by atoms with Crippen molar-refractivity contribution in [3.8, 4) is 11.8 Å². The maximum atomic E-state index is 11.0. The van der Waals surface area contributed by atoms with E-state index in [4.69, 9.17) is 10.00 Å². The van der Waals surface area contributed by atoms with Gasteiger partial charge in [0.15, 0.2) is 0 Å². The van der Waals surface area contributed by atoms with E-state index in [1.165, 1.54) is 0 Å². The molecule has 1 aromatic heterocycles. The number of fused-ring (bicyclic) bond motifs is 1. The summed E-state index contributed by atoms with van der Waals surface area (Å²) in [6.45, 7) is 3.01. The van der Waals surface area contributed by atoms with E-state index in [0.29, 0.717) is 17.9 Å². The molecule has 0 aliphatic carbocycles. The molecular weight excluding hydrogens is 458 g/mol. The van der Waals surface area contributed by atoms with Crippen LogP contribution in [0.3, 0.4) is 0 Å². The summed E-state index contributed by atoms with van der Waals surface area (Å²) in [5, 5.41) is 31.1. The van der Waals surface area contributed by atoms with E-state index in [-0.39, 0.29) is 12.5 Å². The number of thioether (sulfide) groups is 1. The Morgan fingerprint density at radius 3 is 2.91 bits per heavy atom. The summed E-state index contributed by atoms with van der Waals surface area (Å²) in [7, 11) is 1.64. The third-order valence-electron chi connectivity index (χ3n) is 7.00. The molecule has 4 rings (SSSR count). The lowest BCUT2D eigenvalue weighted by Gasteiger charge is -2.38. The first-order valence-electron chi connectivity index (χ1n) is 12.2. The summed E-state index contributed by atoms with van der Waals surface area (Å²) in [6.07, 6.45) is 3.73. The molecule has 35 heavy (non-hydrogen) atoms. The Labute approximate surface area is 211 Å². The minimum Gasteiger partial charge on any atom is -0.497 e. The summed E-state index contributed by atoms with van der Waals surface area (Å²) in [5.41, 5.74) is 2.42. The van der Waals surface area contributed by atoms with E-state index >= 15 is 0 Å². The molecule has 2 heterocycles. The van der Waals surface area contributed by atoms with Crippen LogP contribution in [-0.4, -0.2) is 59.2 Å². The Morgan fingerprint density at radius 1 is 1.23 bits per heavy atom. The number of hydrogen-bond donors (Lipinski definition) is 2. The second kappa shape index (κ2) is 12.4. The largest absolute Gasteiger partial charge is 0.497 e. The molecule has 0 amide bonds. The number of benzene rings is 2. The van der Waals surface area contributed by atoms with Crippen molar-refractivity contribution >= 4 is 22.7 Å². The summed E-state index contributed by atoms with van der Waals surface area (Å²) in [4.78, 5) is 7.96. The number of ether oxygens (including phenoxy) is 1. The van der Waals surface area contributed by atoms with Crippen LogP contribution in [0.4, 0.5) is 0 Å². The fourth-order valence-corrected chi connectivity index (χ4v) is 5.96. The van der Waals surface area contributed by atoms with E-state index < -0.39 is 6.10 Å². The number of aromatic nitrogens is 1. The predicted molar refractivity (Wildman–Crippen MR) is 139 cm³/mol. The molecule has 0 unspecified atom stereocenters. The number of methoxy groups -OCH3 is 1. The van der Waals surface area contributed by atoms with Crippen LogP contribution >= 0.6 is 11.8 Å². The molecule has 2 aromatic carbocycles. The Morgan fingerprint density at radius 2 is 2.11 bits per heavy atom. The monoisotopic (exact) mass is 491 g/mol. The van der Waals surface area contributed by atoms with Gasteiger partial charge in [-0.15, -0.1) is 11.8 Å². The molecular formula is C28H33N3O3S. The first-order chi connectivity index (χ1) is 17.1.